The Kier molecular flexibility index (Phi) is 3.18. The van der Waals surface area contributed by atoms with Crippen LogP contribution in [0, 0.1) is 16.2 Å². The quantitative estimate of drug-likeness (QED) is 0.673. The molecule has 1 saturated carbocycles. The maximum atomic E-state index is 9.38. The van der Waals surface area contributed by atoms with Gasteiger partial charge in [-0.1, -0.05) is 40.2 Å². The Morgan fingerprint density at radius 2 is 1.82 bits per heavy atom. The van der Waals surface area contributed by atoms with E-state index in [1.54, 1.807) is 0 Å². The highest BCUT2D eigenvalue weighted by Crippen LogP contribution is 2.64. The third kappa shape index (κ3) is 1.87. The summed E-state index contributed by atoms with van der Waals surface area (Å²) in [6, 6.07) is 0. The van der Waals surface area contributed by atoms with E-state index in [4.69, 9.17) is 0 Å². The average molecular weight is 236 g/mol. The van der Waals surface area contributed by atoms with E-state index in [1.165, 1.54) is 31.3 Å². The van der Waals surface area contributed by atoms with Crippen LogP contribution < -0.4 is 0 Å². The molecule has 0 unspecified atom stereocenters. The highest BCUT2D eigenvalue weighted by molar-refractivity contribution is 5.15. The smallest absolute Gasteiger partial charge is 0.0641 e. The maximum absolute atomic E-state index is 9.38. The minimum atomic E-state index is 0.257. The molecule has 0 amide bonds. The zero-order valence-electron chi connectivity index (χ0n) is 12.0. The molecular weight excluding hydrogens is 208 g/mol. The second-order valence-electron chi connectivity index (χ2n) is 7.35. The largest absolute Gasteiger partial charge is 0.392 e. The number of rotatable bonds is 1. The van der Waals surface area contributed by atoms with Crippen molar-refractivity contribution in [2.24, 2.45) is 16.2 Å². The lowest BCUT2D eigenvalue weighted by Crippen LogP contribution is -2.50. The molecule has 0 aromatic heterocycles. The Morgan fingerprint density at radius 3 is 2.47 bits per heavy atom. The van der Waals surface area contributed by atoms with Gasteiger partial charge in [0.1, 0.15) is 0 Å². The number of fused-ring (bicyclic) bond motifs is 1. The molecule has 2 aliphatic rings. The molecule has 2 atom stereocenters. The van der Waals surface area contributed by atoms with Crippen molar-refractivity contribution in [1.29, 1.82) is 0 Å². The Bertz CT molecular complexity index is 328. The van der Waals surface area contributed by atoms with Crippen LogP contribution in [-0.2, 0) is 0 Å². The van der Waals surface area contributed by atoms with E-state index in [-0.39, 0.29) is 6.61 Å². The summed E-state index contributed by atoms with van der Waals surface area (Å²) in [6.45, 7) is 10.1. The lowest BCUT2D eigenvalue weighted by Gasteiger charge is -2.59. The Balaban J connectivity index is 2.36. The minimum Gasteiger partial charge on any atom is -0.392 e. The number of hydrogen-bond acceptors (Lipinski definition) is 1. The first-order valence-electron chi connectivity index (χ1n) is 7.13. The van der Waals surface area contributed by atoms with Crippen molar-refractivity contribution in [2.75, 3.05) is 6.61 Å². The predicted octanol–water partition coefficient (Wildman–Crippen LogP) is 4.31. The van der Waals surface area contributed by atoms with Crippen molar-refractivity contribution in [2.45, 2.75) is 66.2 Å². The molecule has 0 heterocycles. The third-order valence-corrected chi connectivity index (χ3v) is 6.35. The van der Waals surface area contributed by atoms with Crippen LogP contribution in [0.1, 0.15) is 66.2 Å². The van der Waals surface area contributed by atoms with Gasteiger partial charge in [-0.15, -0.1) is 0 Å². The Hall–Kier alpha value is -0.300. The molecule has 98 valence electrons. The van der Waals surface area contributed by atoms with Gasteiger partial charge in [0.25, 0.3) is 0 Å². The molecule has 0 bridgehead atoms. The van der Waals surface area contributed by atoms with Crippen molar-refractivity contribution in [3.05, 3.63) is 11.6 Å². The van der Waals surface area contributed by atoms with Gasteiger partial charge in [0.15, 0.2) is 0 Å². The molecule has 0 radical (unpaired) electrons. The van der Waals surface area contributed by atoms with Gasteiger partial charge in [0, 0.05) is 0 Å². The molecule has 0 aromatic carbocycles. The summed E-state index contributed by atoms with van der Waals surface area (Å²) in [4.78, 5) is 0. The van der Waals surface area contributed by atoms with E-state index in [0.29, 0.717) is 16.2 Å². The summed E-state index contributed by atoms with van der Waals surface area (Å²) in [6.07, 6.45) is 9.88. The maximum Gasteiger partial charge on any atom is 0.0641 e. The van der Waals surface area contributed by atoms with E-state index in [2.05, 4.69) is 33.8 Å². The number of allylic oxidation sites excluding steroid dienone is 1. The van der Waals surface area contributed by atoms with Crippen LogP contribution >= 0.6 is 0 Å². The average Bonchev–Trinajstić information content (AvgIpc) is 2.38. The van der Waals surface area contributed by atoms with E-state index >= 15 is 0 Å². The molecule has 17 heavy (non-hydrogen) atoms. The summed E-state index contributed by atoms with van der Waals surface area (Å²) < 4.78 is 0. The first kappa shape index (κ1) is 13.1. The monoisotopic (exact) mass is 236 g/mol. The normalized spacial score (nSPS) is 41.4. The van der Waals surface area contributed by atoms with Crippen LogP contribution in [-0.4, -0.2) is 11.7 Å². The standard InChI is InChI=1S/C16H28O/c1-14(2)8-5-9-15(3)10-6-13(12-17)7-11-16(14,15)4/h6,17H,5,7-12H2,1-4H3/t15-,16+/m0/s1. The molecule has 1 nitrogen and oxygen atoms in total. The van der Waals surface area contributed by atoms with Crippen molar-refractivity contribution in [3.63, 3.8) is 0 Å². The van der Waals surface area contributed by atoms with Gasteiger partial charge < -0.3 is 5.11 Å². The first-order valence-corrected chi connectivity index (χ1v) is 7.13. The van der Waals surface area contributed by atoms with Gasteiger partial charge in [-0.05, 0) is 53.9 Å². The molecule has 1 fully saturated rings. The van der Waals surface area contributed by atoms with Crippen molar-refractivity contribution < 1.29 is 5.11 Å². The van der Waals surface area contributed by atoms with E-state index < -0.39 is 0 Å². The van der Waals surface area contributed by atoms with E-state index in [9.17, 15) is 5.11 Å². The highest BCUT2D eigenvalue weighted by Gasteiger charge is 2.55. The number of hydrogen-bond donors (Lipinski definition) is 1. The van der Waals surface area contributed by atoms with Gasteiger partial charge in [0.2, 0.25) is 0 Å². The van der Waals surface area contributed by atoms with Gasteiger partial charge in [0.05, 0.1) is 6.61 Å². The molecule has 0 spiro atoms. The molecule has 0 saturated heterocycles. The Morgan fingerprint density at radius 1 is 1.12 bits per heavy atom. The van der Waals surface area contributed by atoms with Crippen molar-refractivity contribution in [3.8, 4) is 0 Å². The lowest BCUT2D eigenvalue weighted by atomic mass is 9.46. The second-order valence-corrected chi connectivity index (χ2v) is 7.35. The van der Waals surface area contributed by atoms with Gasteiger partial charge in [-0.25, -0.2) is 0 Å². The Labute approximate surface area is 106 Å². The fourth-order valence-corrected chi connectivity index (χ4v) is 4.28. The lowest BCUT2D eigenvalue weighted by molar-refractivity contribution is -0.0926. The van der Waals surface area contributed by atoms with Gasteiger partial charge in [-0.3, -0.25) is 0 Å². The van der Waals surface area contributed by atoms with E-state index in [0.717, 1.165) is 12.8 Å². The fourth-order valence-electron chi connectivity index (χ4n) is 4.28. The van der Waals surface area contributed by atoms with Crippen LogP contribution in [0.2, 0.25) is 0 Å². The topological polar surface area (TPSA) is 20.2 Å². The summed E-state index contributed by atoms with van der Waals surface area (Å²) in [7, 11) is 0. The molecule has 0 aliphatic heterocycles. The summed E-state index contributed by atoms with van der Waals surface area (Å²) in [5.41, 5.74) is 2.52. The summed E-state index contributed by atoms with van der Waals surface area (Å²) in [5, 5.41) is 9.38. The third-order valence-electron chi connectivity index (χ3n) is 6.35. The van der Waals surface area contributed by atoms with Crippen LogP contribution in [0.5, 0.6) is 0 Å². The predicted molar refractivity (Wildman–Crippen MR) is 72.9 cm³/mol. The van der Waals surface area contributed by atoms with Gasteiger partial charge >= 0.3 is 0 Å². The molecular formula is C16H28O. The summed E-state index contributed by atoms with van der Waals surface area (Å²) >= 11 is 0. The second kappa shape index (κ2) is 4.12. The van der Waals surface area contributed by atoms with Crippen molar-refractivity contribution >= 4 is 0 Å². The molecule has 2 rings (SSSR count). The molecule has 1 heteroatoms. The molecule has 1 N–H and O–H groups in total. The van der Waals surface area contributed by atoms with Crippen LogP contribution in [0.15, 0.2) is 11.6 Å². The number of aliphatic hydroxyl groups is 1. The SMILES string of the molecule is CC1(C)CCC[C@@]2(C)CC=C(CO)CC[C@]12C. The minimum absolute atomic E-state index is 0.257. The first-order chi connectivity index (χ1) is 7.85. The van der Waals surface area contributed by atoms with E-state index in [1.807, 2.05) is 0 Å². The zero-order valence-corrected chi connectivity index (χ0v) is 12.0. The van der Waals surface area contributed by atoms with Crippen LogP contribution in [0.4, 0.5) is 0 Å². The highest BCUT2D eigenvalue weighted by atomic mass is 16.3. The fraction of sp³-hybridized carbons (Fsp3) is 0.875. The summed E-state index contributed by atoms with van der Waals surface area (Å²) in [5.74, 6) is 0. The molecule has 0 aromatic rings. The van der Waals surface area contributed by atoms with Crippen molar-refractivity contribution in [1.82, 2.24) is 0 Å². The zero-order chi connectivity index (χ0) is 12.7. The number of aliphatic hydroxyl groups excluding tert-OH is 1. The van der Waals surface area contributed by atoms with Crippen LogP contribution in [0.3, 0.4) is 0 Å². The van der Waals surface area contributed by atoms with Crippen LogP contribution in [0.25, 0.3) is 0 Å². The van der Waals surface area contributed by atoms with Gasteiger partial charge in [-0.2, -0.15) is 0 Å². The molecule has 2 aliphatic carbocycles.